The standard InChI is InChI=1S/C18H23N3/c1-3-14(2)17(15-10-6-4-7-11-15)18(21-19)20-16-12-8-5-9-13-16/h4-14,17H,3,19H2,1-2H3,(H,20,21). The van der Waals surface area contributed by atoms with Crippen molar-refractivity contribution in [2.45, 2.75) is 26.2 Å². The Morgan fingerprint density at radius 3 is 2.14 bits per heavy atom. The van der Waals surface area contributed by atoms with E-state index >= 15 is 0 Å². The number of nitrogens with two attached hydrogens (primary N) is 1. The Kier molecular flexibility index (Phi) is 5.52. The van der Waals surface area contributed by atoms with Crippen LogP contribution in [-0.4, -0.2) is 5.84 Å². The predicted molar refractivity (Wildman–Crippen MR) is 89.5 cm³/mol. The fraction of sp³-hybridized carbons (Fsp3) is 0.278. The summed E-state index contributed by atoms with van der Waals surface area (Å²) in [6.45, 7) is 4.42. The summed E-state index contributed by atoms with van der Waals surface area (Å²) in [5.41, 5.74) is 4.96. The van der Waals surface area contributed by atoms with E-state index in [2.05, 4.69) is 43.5 Å². The lowest BCUT2D eigenvalue weighted by molar-refractivity contribution is 0.518. The van der Waals surface area contributed by atoms with Gasteiger partial charge in [-0.25, -0.2) is 10.8 Å². The van der Waals surface area contributed by atoms with Gasteiger partial charge in [0.1, 0.15) is 5.84 Å². The number of amidine groups is 1. The molecule has 0 bridgehead atoms. The second-order valence-corrected chi connectivity index (χ2v) is 5.25. The van der Waals surface area contributed by atoms with E-state index in [1.165, 1.54) is 5.56 Å². The van der Waals surface area contributed by atoms with Gasteiger partial charge in [0.2, 0.25) is 0 Å². The van der Waals surface area contributed by atoms with Crippen molar-refractivity contribution < 1.29 is 0 Å². The zero-order chi connectivity index (χ0) is 15.1. The maximum absolute atomic E-state index is 5.77. The van der Waals surface area contributed by atoms with Gasteiger partial charge in [-0.15, -0.1) is 0 Å². The summed E-state index contributed by atoms with van der Waals surface area (Å²) in [4.78, 5) is 4.70. The van der Waals surface area contributed by atoms with Crippen molar-refractivity contribution in [3.63, 3.8) is 0 Å². The highest BCUT2D eigenvalue weighted by Crippen LogP contribution is 2.29. The van der Waals surface area contributed by atoms with E-state index in [0.717, 1.165) is 17.9 Å². The average Bonchev–Trinajstić information content (AvgIpc) is 2.56. The molecule has 0 aliphatic rings. The van der Waals surface area contributed by atoms with Gasteiger partial charge in [0.25, 0.3) is 0 Å². The number of hydrogen-bond acceptors (Lipinski definition) is 2. The van der Waals surface area contributed by atoms with Crippen molar-refractivity contribution in [3.05, 3.63) is 66.2 Å². The number of hydrogen-bond donors (Lipinski definition) is 2. The lowest BCUT2D eigenvalue weighted by Gasteiger charge is -2.25. The van der Waals surface area contributed by atoms with E-state index in [-0.39, 0.29) is 5.92 Å². The molecule has 3 heteroatoms. The van der Waals surface area contributed by atoms with E-state index in [4.69, 9.17) is 10.8 Å². The largest absolute Gasteiger partial charge is 0.311 e. The van der Waals surface area contributed by atoms with E-state index in [0.29, 0.717) is 5.92 Å². The Morgan fingerprint density at radius 2 is 1.62 bits per heavy atom. The van der Waals surface area contributed by atoms with Gasteiger partial charge in [0.15, 0.2) is 0 Å². The zero-order valence-corrected chi connectivity index (χ0v) is 12.7. The molecule has 0 fully saturated rings. The molecule has 0 aromatic heterocycles. The maximum Gasteiger partial charge on any atom is 0.124 e. The molecule has 2 unspecified atom stereocenters. The van der Waals surface area contributed by atoms with Crippen molar-refractivity contribution in [1.82, 2.24) is 5.43 Å². The van der Waals surface area contributed by atoms with E-state index < -0.39 is 0 Å². The molecule has 0 saturated carbocycles. The van der Waals surface area contributed by atoms with Crippen LogP contribution >= 0.6 is 0 Å². The second-order valence-electron chi connectivity index (χ2n) is 5.25. The number of para-hydroxylation sites is 1. The third-order valence-electron chi connectivity index (χ3n) is 3.82. The Morgan fingerprint density at radius 1 is 1.05 bits per heavy atom. The number of hydrazine groups is 1. The van der Waals surface area contributed by atoms with Crippen LogP contribution in [0.25, 0.3) is 0 Å². The summed E-state index contributed by atoms with van der Waals surface area (Å²) < 4.78 is 0. The van der Waals surface area contributed by atoms with E-state index in [1.807, 2.05) is 36.4 Å². The van der Waals surface area contributed by atoms with Crippen LogP contribution in [-0.2, 0) is 0 Å². The molecule has 3 N–H and O–H groups in total. The third-order valence-corrected chi connectivity index (χ3v) is 3.82. The number of nitrogens with one attached hydrogen (secondary N) is 1. The maximum atomic E-state index is 5.77. The molecule has 0 spiro atoms. The van der Waals surface area contributed by atoms with Gasteiger partial charge in [0, 0.05) is 5.92 Å². The zero-order valence-electron chi connectivity index (χ0n) is 12.7. The van der Waals surface area contributed by atoms with Crippen LogP contribution < -0.4 is 11.3 Å². The molecule has 2 atom stereocenters. The van der Waals surface area contributed by atoms with Crippen LogP contribution in [0, 0.1) is 5.92 Å². The summed E-state index contributed by atoms with van der Waals surface area (Å²) in [7, 11) is 0. The summed E-state index contributed by atoms with van der Waals surface area (Å²) in [5.74, 6) is 7.20. The lowest BCUT2D eigenvalue weighted by atomic mass is 9.84. The van der Waals surface area contributed by atoms with Gasteiger partial charge in [0.05, 0.1) is 5.69 Å². The lowest BCUT2D eigenvalue weighted by Crippen LogP contribution is -2.37. The number of nitrogens with zero attached hydrogens (tertiary/aromatic N) is 1. The van der Waals surface area contributed by atoms with Crippen LogP contribution in [0.5, 0.6) is 0 Å². The van der Waals surface area contributed by atoms with Crippen molar-refractivity contribution in [1.29, 1.82) is 0 Å². The van der Waals surface area contributed by atoms with Crippen LogP contribution in [0.15, 0.2) is 65.7 Å². The smallest absolute Gasteiger partial charge is 0.124 e. The van der Waals surface area contributed by atoms with Crippen LogP contribution in [0.3, 0.4) is 0 Å². The van der Waals surface area contributed by atoms with Crippen molar-refractivity contribution in [3.8, 4) is 0 Å². The topological polar surface area (TPSA) is 50.4 Å². The molecule has 2 rings (SSSR count). The summed E-state index contributed by atoms with van der Waals surface area (Å²) in [5, 5.41) is 0. The van der Waals surface area contributed by atoms with E-state index in [1.54, 1.807) is 0 Å². The second kappa shape index (κ2) is 7.60. The fourth-order valence-electron chi connectivity index (χ4n) is 2.49. The van der Waals surface area contributed by atoms with Gasteiger partial charge in [-0.05, 0) is 23.6 Å². The SMILES string of the molecule is CCC(C)C(C(=Nc1ccccc1)NN)c1ccccc1. The minimum atomic E-state index is 0.168. The molecular weight excluding hydrogens is 258 g/mol. The number of benzene rings is 2. The van der Waals surface area contributed by atoms with Crippen molar-refractivity contribution in [2.24, 2.45) is 16.8 Å². The molecule has 0 heterocycles. The highest BCUT2D eigenvalue weighted by molar-refractivity contribution is 5.90. The van der Waals surface area contributed by atoms with Gasteiger partial charge in [-0.2, -0.15) is 0 Å². The Labute approximate surface area is 126 Å². The minimum absolute atomic E-state index is 0.168. The summed E-state index contributed by atoms with van der Waals surface area (Å²) >= 11 is 0. The first-order chi connectivity index (χ1) is 10.3. The van der Waals surface area contributed by atoms with Gasteiger partial charge in [-0.1, -0.05) is 68.8 Å². The minimum Gasteiger partial charge on any atom is -0.311 e. The van der Waals surface area contributed by atoms with Crippen LogP contribution in [0.2, 0.25) is 0 Å². The molecule has 2 aromatic carbocycles. The van der Waals surface area contributed by atoms with Gasteiger partial charge in [-0.3, -0.25) is 0 Å². The average molecular weight is 281 g/mol. The van der Waals surface area contributed by atoms with Crippen molar-refractivity contribution in [2.75, 3.05) is 0 Å². The molecule has 21 heavy (non-hydrogen) atoms. The monoisotopic (exact) mass is 281 g/mol. The molecule has 0 radical (unpaired) electrons. The molecular formula is C18H23N3. The Hall–Kier alpha value is -2.13. The summed E-state index contributed by atoms with van der Waals surface area (Å²) in [6, 6.07) is 20.3. The van der Waals surface area contributed by atoms with Crippen molar-refractivity contribution >= 4 is 11.5 Å². The Bertz CT molecular complexity index is 564. The predicted octanol–water partition coefficient (Wildman–Crippen LogP) is 4.01. The van der Waals surface area contributed by atoms with Gasteiger partial charge >= 0.3 is 0 Å². The fourth-order valence-corrected chi connectivity index (χ4v) is 2.49. The first-order valence-corrected chi connectivity index (χ1v) is 7.41. The molecule has 0 amide bonds. The van der Waals surface area contributed by atoms with Crippen LogP contribution in [0.1, 0.15) is 31.7 Å². The first kappa shape index (κ1) is 15.3. The number of aliphatic imine (C=N–C) groups is 1. The molecule has 0 aliphatic carbocycles. The van der Waals surface area contributed by atoms with Gasteiger partial charge < -0.3 is 5.43 Å². The highest BCUT2D eigenvalue weighted by atomic mass is 15.3. The molecule has 2 aromatic rings. The third kappa shape index (κ3) is 3.92. The highest BCUT2D eigenvalue weighted by Gasteiger charge is 2.23. The summed E-state index contributed by atoms with van der Waals surface area (Å²) in [6.07, 6.45) is 1.06. The number of rotatable bonds is 5. The quantitative estimate of drug-likeness (QED) is 0.376. The molecule has 3 nitrogen and oxygen atoms in total. The Balaban J connectivity index is 2.41. The first-order valence-electron chi connectivity index (χ1n) is 7.41. The molecule has 0 aliphatic heterocycles. The molecule has 110 valence electrons. The molecule has 0 saturated heterocycles. The van der Waals surface area contributed by atoms with Crippen LogP contribution in [0.4, 0.5) is 5.69 Å². The normalized spacial score (nSPS) is 14.5. The van der Waals surface area contributed by atoms with E-state index in [9.17, 15) is 0 Å².